The van der Waals surface area contributed by atoms with Gasteiger partial charge in [0.05, 0.1) is 31.5 Å². The summed E-state index contributed by atoms with van der Waals surface area (Å²) in [7, 11) is 4.46. The van der Waals surface area contributed by atoms with Crippen molar-refractivity contribution in [3.63, 3.8) is 0 Å². The maximum absolute atomic E-state index is 12.1. The van der Waals surface area contributed by atoms with Crippen LogP contribution in [0, 0.1) is 11.3 Å². The van der Waals surface area contributed by atoms with Crippen molar-refractivity contribution >= 4 is 27.7 Å². The lowest BCUT2D eigenvalue weighted by molar-refractivity contribution is 0.323. The van der Waals surface area contributed by atoms with Crippen LogP contribution in [0.2, 0.25) is 0 Å². The zero-order valence-electron chi connectivity index (χ0n) is 13.4. The summed E-state index contributed by atoms with van der Waals surface area (Å²) in [6.45, 7) is 0. The quantitative estimate of drug-likeness (QED) is 0.596. The lowest BCUT2D eigenvalue weighted by Gasteiger charge is -2.17. The van der Waals surface area contributed by atoms with Crippen LogP contribution >= 0.6 is 27.7 Å². The van der Waals surface area contributed by atoms with E-state index in [1.165, 1.54) is 33.1 Å². The molecular weight excluding hydrogens is 398 g/mol. The van der Waals surface area contributed by atoms with Gasteiger partial charge in [0.1, 0.15) is 11.6 Å². The fourth-order valence-electron chi connectivity index (χ4n) is 2.14. The Labute approximate surface area is 151 Å². The minimum Gasteiger partial charge on any atom is -0.493 e. The molecule has 7 nitrogen and oxygen atoms in total. The van der Waals surface area contributed by atoms with Crippen LogP contribution in [0.5, 0.6) is 17.2 Å². The van der Waals surface area contributed by atoms with Gasteiger partial charge in [-0.05, 0) is 28.3 Å². The molecule has 2 rings (SSSR count). The molecular formula is C15H14BrN3O4S. The summed E-state index contributed by atoms with van der Waals surface area (Å²) in [6.07, 6.45) is 1.78. The van der Waals surface area contributed by atoms with Gasteiger partial charge in [0.15, 0.2) is 16.7 Å². The molecule has 0 saturated heterocycles. The molecule has 0 amide bonds. The lowest BCUT2D eigenvalue weighted by atomic mass is 10.1. The number of hydrogen-bond donors (Lipinski definition) is 1. The van der Waals surface area contributed by atoms with Crippen LogP contribution in [0.4, 0.5) is 0 Å². The van der Waals surface area contributed by atoms with E-state index >= 15 is 0 Å². The summed E-state index contributed by atoms with van der Waals surface area (Å²) in [4.78, 5) is 19.1. The SMILES string of the molecule is COc1cc(-c2nc(SC)[nH]c(=O)c2C#N)c(Br)c(OC)c1OC. The van der Waals surface area contributed by atoms with Crippen LogP contribution in [-0.2, 0) is 0 Å². The number of nitriles is 1. The van der Waals surface area contributed by atoms with Crippen molar-refractivity contribution in [1.29, 1.82) is 5.26 Å². The molecule has 0 radical (unpaired) electrons. The summed E-state index contributed by atoms with van der Waals surface area (Å²) >= 11 is 4.70. The van der Waals surface area contributed by atoms with Crippen molar-refractivity contribution in [2.45, 2.75) is 5.16 Å². The van der Waals surface area contributed by atoms with E-state index in [-0.39, 0.29) is 11.3 Å². The first-order valence-corrected chi connectivity index (χ1v) is 8.61. The molecule has 9 heteroatoms. The molecule has 0 aliphatic rings. The third-order valence-corrected chi connectivity index (χ3v) is 4.59. The van der Waals surface area contributed by atoms with Crippen LogP contribution < -0.4 is 19.8 Å². The van der Waals surface area contributed by atoms with Gasteiger partial charge >= 0.3 is 0 Å². The lowest BCUT2D eigenvalue weighted by Crippen LogP contribution is -2.15. The Morgan fingerprint density at radius 2 is 1.92 bits per heavy atom. The number of aromatic nitrogens is 2. The van der Waals surface area contributed by atoms with Gasteiger partial charge in [-0.3, -0.25) is 4.79 Å². The molecule has 126 valence electrons. The fraction of sp³-hybridized carbons (Fsp3) is 0.267. The average molecular weight is 412 g/mol. The molecule has 0 aliphatic heterocycles. The summed E-state index contributed by atoms with van der Waals surface area (Å²) in [5.41, 5.74) is 0.120. The van der Waals surface area contributed by atoms with E-state index in [9.17, 15) is 10.1 Å². The highest BCUT2D eigenvalue weighted by atomic mass is 79.9. The molecule has 1 heterocycles. The van der Waals surface area contributed by atoms with E-state index in [0.717, 1.165) is 0 Å². The smallest absolute Gasteiger partial charge is 0.270 e. The maximum Gasteiger partial charge on any atom is 0.270 e. The Kier molecular flexibility index (Phi) is 5.75. The molecule has 0 saturated carbocycles. The monoisotopic (exact) mass is 411 g/mol. The number of H-pyrrole nitrogens is 1. The third-order valence-electron chi connectivity index (χ3n) is 3.23. The minimum atomic E-state index is -0.507. The van der Waals surface area contributed by atoms with E-state index < -0.39 is 5.56 Å². The van der Waals surface area contributed by atoms with Gasteiger partial charge in [0.2, 0.25) is 5.75 Å². The number of benzene rings is 1. The zero-order chi connectivity index (χ0) is 17.9. The Morgan fingerprint density at radius 1 is 1.25 bits per heavy atom. The molecule has 1 N–H and O–H groups in total. The fourth-order valence-corrected chi connectivity index (χ4v) is 3.16. The van der Waals surface area contributed by atoms with Gasteiger partial charge in [0, 0.05) is 5.56 Å². The summed E-state index contributed by atoms with van der Waals surface area (Å²) in [5.74, 6) is 1.16. The van der Waals surface area contributed by atoms with Gasteiger partial charge in [-0.25, -0.2) is 4.98 Å². The standard InChI is InChI=1S/C15H14BrN3O4S/c1-21-9-5-7(10(16)13(23-3)12(9)22-2)11-8(6-17)14(20)19-15(18-11)24-4/h5H,1-4H3,(H,18,19,20). The topological polar surface area (TPSA) is 97.2 Å². The van der Waals surface area contributed by atoms with Gasteiger partial charge in [-0.2, -0.15) is 5.26 Å². The van der Waals surface area contributed by atoms with Crippen LogP contribution in [0.15, 0.2) is 20.5 Å². The number of nitrogens with one attached hydrogen (secondary N) is 1. The summed E-state index contributed by atoms with van der Waals surface area (Å²) in [6, 6.07) is 3.53. The summed E-state index contributed by atoms with van der Waals surface area (Å²) < 4.78 is 16.5. The van der Waals surface area contributed by atoms with Crippen LogP contribution in [0.1, 0.15) is 5.56 Å². The zero-order valence-corrected chi connectivity index (χ0v) is 15.8. The molecule has 0 unspecified atom stereocenters. The van der Waals surface area contributed by atoms with E-state index in [1.807, 2.05) is 6.07 Å². The highest BCUT2D eigenvalue weighted by Crippen LogP contribution is 2.48. The number of hydrogen-bond acceptors (Lipinski definition) is 7. The van der Waals surface area contributed by atoms with E-state index in [4.69, 9.17) is 14.2 Å². The third kappa shape index (κ3) is 3.07. The Morgan fingerprint density at radius 3 is 2.42 bits per heavy atom. The van der Waals surface area contributed by atoms with E-state index in [0.29, 0.717) is 32.4 Å². The second-order valence-corrected chi connectivity index (χ2v) is 6.01. The number of thioether (sulfide) groups is 1. The molecule has 0 spiro atoms. The second kappa shape index (κ2) is 7.59. The molecule has 24 heavy (non-hydrogen) atoms. The highest BCUT2D eigenvalue weighted by molar-refractivity contribution is 9.10. The first-order valence-electron chi connectivity index (χ1n) is 6.59. The Hall–Kier alpha value is -2.18. The van der Waals surface area contributed by atoms with Gasteiger partial charge in [-0.1, -0.05) is 11.8 Å². The predicted octanol–water partition coefficient (Wildman–Crippen LogP) is 2.82. The van der Waals surface area contributed by atoms with E-state index in [1.54, 1.807) is 12.3 Å². The molecule has 0 atom stereocenters. The molecule has 1 aromatic heterocycles. The number of nitrogens with zero attached hydrogens (tertiary/aromatic N) is 2. The van der Waals surface area contributed by atoms with Crippen molar-refractivity contribution in [3.8, 4) is 34.6 Å². The summed E-state index contributed by atoms with van der Waals surface area (Å²) in [5, 5.41) is 9.75. The van der Waals surface area contributed by atoms with Crippen LogP contribution in [0.3, 0.4) is 0 Å². The molecule has 0 fully saturated rings. The van der Waals surface area contributed by atoms with Gasteiger partial charge in [-0.15, -0.1) is 0 Å². The molecule has 1 aromatic carbocycles. The van der Waals surface area contributed by atoms with Gasteiger partial charge in [0.25, 0.3) is 5.56 Å². The first kappa shape index (κ1) is 18.2. The predicted molar refractivity (Wildman–Crippen MR) is 94.1 cm³/mol. The minimum absolute atomic E-state index is 0.0947. The van der Waals surface area contributed by atoms with Gasteiger partial charge < -0.3 is 19.2 Å². The van der Waals surface area contributed by atoms with E-state index in [2.05, 4.69) is 25.9 Å². The normalized spacial score (nSPS) is 10.2. The number of aromatic amines is 1. The average Bonchev–Trinajstić information content (AvgIpc) is 2.60. The number of ether oxygens (including phenoxy) is 3. The van der Waals surface area contributed by atoms with Crippen molar-refractivity contribution in [3.05, 3.63) is 26.5 Å². The molecule has 0 bridgehead atoms. The van der Waals surface area contributed by atoms with Crippen molar-refractivity contribution in [2.24, 2.45) is 0 Å². The maximum atomic E-state index is 12.1. The van der Waals surface area contributed by atoms with Crippen molar-refractivity contribution < 1.29 is 14.2 Å². The van der Waals surface area contributed by atoms with Crippen molar-refractivity contribution in [1.82, 2.24) is 9.97 Å². The Bertz CT molecular complexity index is 876. The Balaban J connectivity index is 2.90. The number of rotatable bonds is 5. The van der Waals surface area contributed by atoms with Crippen molar-refractivity contribution in [2.75, 3.05) is 27.6 Å². The largest absolute Gasteiger partial charge is 0.493 e. The molecule has 0 aliphatic carbocycles. The number of halogens is 1. The van der Waals surface area contributed by atoms with Crippen LogP contribution in [0.25, 0.3) is 11.3 Å². The van der Waals surface area contributed by atoms with Crippen LogP contribution in [-0.4, -0.2) is 37.6 Å². The molecule has 2 aromatic rings. The first-order chi connectivity index (χ1) is 11.5. The second-order valence-electron chi connectivity index (χ2n) is 4.42. The number of methoxy groups -OCH3 is 3. The highest BCUT2D eigenvalue weighted by Gasteiger charge is 2.23.